The molecule has 124 valence electrons. The minimum absolute atomic E-state index is 0.0707. The van der Waals surface area contributed by atoms with Crippen molar-refractivity contribution in [3.8, 4) is 6.07 Å². The summed E-state index contributed by atoms with van der Waals surface area (Å²) in [6.07, 6.45) is 0. The van der Waals surface area contributed by atoms with Gasteiger partial charge in [-0.3, -0.25) is 4.79 Å². The number of nitrogens with zero attached hydrogens (tertiary/aromatic N) is 2. The highest BCUT2D eigenvalue weighted by atomic mass is 32.2. The lowest BCUT2D eigenvalue weighted by Crippen LogP contribution is -2.35. The number of anilines is 1. The van der Waals surface area contributed by atoms with Gasteiger partial charge in [0.05, 0.1) is 23.1 Å². The number of carbonyl (C=O) groups excluding carboxylic acids is 1. The molecule has 0 aromatic heterocycles. The van der Waals surface area contributed by atoms with Gasteiger partial charge < -0.3 is 5.32 Å². The molecule has 0 aliphatic carbocycles. The number of carbonyl (C=O) groups is 1. The zero-order valence-corrected chi connectivity index (χ0v) is 13.5. The van der Waals surface area contributed by atoms with E-state index < -0.39 is 28.3 Å². The fourth-order valence-corrected chi connectivity index (χ4v) is 3.10. The number of amides is 1. The maximum atomic E-state index is 12.8. The van der Waals surface area contributed by atoms with E-state index in [1.165, 1.54) is 55.6 Å². The molecular weight excluding hydrogens is 333 g/mol. The van der Waals surface area contributed by atoms with E-state index in [0.717, 1.165) is 4.31 Å². The van der Waals surface area contributed by atoms with E-state index in [-0.39, 0.29) is 10.5 Å². The summed E-state index contributed by atoms with van der Waals surface area (Å²) in [5, 5.41) is 11.3. The maximum Gasteiger partial charge on any atom is 0.243 e. The molecule has 2 rings (SSSR count). The van der Waals surface area contributed by atoms with Gasteiger partial charge in [0.2, 0.25) is 15.9 Å². The SMILES string of the molecule is CN(CC(=O)Nc1ccc(F)cc1)S(=O)(=O)c1cccc(C#N)c1. The Balaban J connectivity index is 2.09. The van der Waals surface area contributed by atoms with Gasteiger partial charge in [-0.2, -0.15) is 9.57 Å². The number of rotatable bonds is 5. The lowest BCUT2D eigenvalue weighted by Gasteiger charge is -2.17. The van der Waals surface area contributed by atoms with E-state index in [2.05, 4.69) is 5.32 Å². The van der Waals surface area contributed by atoms with Crippen LogP contribution in [0.15, 0.2) is 53.4 Å². The molecule has 0 fully saturated rings. The minimum Gasteiger partial charge on any atom is -0.325 e. The van der Waals surface area contributed by atoms with Crippen molar-refractivity contribution in [3.63, 3.8) is 0 Å². The normalized spacial score (nSPS) is 11.1. The van der Waals surface area contributed by atoms with Crippen molar-refractivity contribution in [2.45, 2.75) is 4.90 Å². The number of sulfonamides is 1. The predicted octanol–water partition coefficient (Wildman–Crippen LogP) is 1.96. The first kappa shape index (κ1) is 17.6. The third-order valence-corrected chi connectivity index (χ3v) is 4.96. The fraction of sp³-hybridized carbons (Fsp3) is 0.125. The van der Waals surface area contributed by atoms with Crippen molar-refractivity contribution in [2.24, 2.45) is 0 Å². The molecule has 6 nitrogen and oxygen atoms in total. The summed E-state index contributed by atoms with van der Waals surface area (Å²) in [4.78, 5) is 11.9. The zero-order chi connectivity index (χ0) is 17.7. The van der Waals surface area contributed by atoms with E-state index in [4.69, 9.17) is 5.26 Å². The van der Waals surface area contributed by atoms with E-state index >= 15 is 0 Å². The van der Waals surface area contributed by atoms with E-state index in [0.29, 0.717) is 5.69 Å². The number of nitriles is 1. The van der Waals surface area contributed by atoms with Gasteiger partial charge in [-0.25, -0.2) is 12.8 Å². The summed E-state index contributed by atoms with van der Waals surface area (Å²) in [5.41, 5.74) is 0.568. The Morgan fingerprint density at radius 2 is 1.92 bits per heavy atom. The Morgan fingerprint density at radius 3 is 2.54 bits per heavy atom. The van der Waals surface area contributed by atoms with Crippen LogP contribution in [0.3, 0.4) is 0 Å². The maximum absolute atomic E-state index is 12.8. The number of likely N-dealkylation sites (N-methyl/N-ethyl adjacent to an activating group) is 1. The van der Waals surface area contributed by atoms with Crippen LogP contribution >= 0.6 is 0 Å². The number of nitrogens with one attached hydrogen (secondary N) is 1. The molecule has 0 unspecified atom stereocenters. The second-order valence-corrected chi connectivity index (χ2v) is 7.00. The summed E-state index contributed by atoms with van der Waals surface area (Å²) in [6.45, 7) is -0.420. The Kier molecular flexibility index (Phi) is 5.28. The quantitative estimate of drug-likeness (QED) is 0.895. The first-order valence-electron chi connectivity index (χ1n) is 6.85. The average molecular weight is 347 g/mol. The van der Waals surface area contributed by atoms with E-state index in [1.807, 2.05) is 6.07 Å². The molecule has 0 bridgehead atoms. The first-order valence-corrected chi connectivity index (χ1v) is 8.29. The summed E-state index contributed by atoms with van der Waals surface area (Å²) in [7, 11) is -2.64. The first-order chi connectivity index (χ1) is 11.3. The zero-order valence-electron chi connectivity index (χ0n) is 12.7. The Bertz CT molecular complexity index is 890. The van der Waals surface area contributed by atoms with Crippen LogP contribution in [0.4, 0.5) is 10.1 Å². The van der Waals surface area contributed by atoms with Gasteiger partial charge in [0.25, 0.3) is 0 Å². The van der Waals surface area contributed by atoms with Crippen molar-refractivity contribution in [3.05, 3.63) is 59.9 Å². The number of halogens is 1. The molecule has 0 aliphatic heterocycles. The molecule has 0 saturated heterocycles. The van der Waals surface area contributed by atoms with Crippen LogP contribution < -0.4 is 5.32 Å². The molecule has 0 atom stereocenters. The molecular formula is C16H14FN3O3S. The standard InChI is InChI=1S/C16H14FN3O3S/c1-20(11-16(21)19-14-7-5-13(17)6-8-14)24(22,23)15-4-2-3-12(9-15)10-18/h2-9H,11H2,1H3,(H,19,21). The fourth-order valence-electron chi connectivity index (χ4n) is 1.93. The van der Waals surface area contributed by atoms with Crippen molar-refractivity contribution >= 4 is 21.6 Å². The average Bonchev–Trinajstić information content (AvgIpc) is 2.56. The molecule has 2 aromatic rings. The minimum atomic E-state index is -3.90. The van der Waals surface area contributed by atoms with Gasteiger partial charge in [0.1, 0.15) is 5.82 Å². The highest BCUT2D eigenvalue weighted by Gasteiger charge is 2.23. The lowest BCUT2D eigenvalue weighted by atomic mass is 10.2. The highest BCUT2D eigenvalue weighted by molar-refractivity contribution is 7.89. The van der Waals surface area contributed by atoms with Crippen molar-refractivity contribution in [2.75, 3.05) is 18.9 Å². The molecule has 1 amide bonds. The summed E-state index contributed by atoms with van der Waals surface area (Å²) >= 11 is 0. The number of hydrogen-bond acceptors (Lipinski definition) is 4. The molecule has 0 radical (unpaired) electrons. The van der Waals surface area contributed by atoms with Crippen LogP contribution in [0, 0.1) is 17.1 Å². The van der Waals surface area contributed by atoms with Crippen LogP contribution in [-0.2, 0) is 14.8 Å². The molecule has 1 N–H and O–H groups in total. The lowest BCUT2D eigenvalue weighted by molar-refractivity contribution is -0.116. The smallest absolute Gasteiger partial charge is 0.243 e. The predicted molar refractivity (Wildman–Crippen MR) is 86.0 cm³/mol. The molecule has 8 heteroatoms. The monoisotopic (exact) mass is 347 g/mol. The number of hydrogen-bond donors (Lipinski definition) is 1. The van der Waals surface area contributed by atoms with Gasteiger partial charge >= 0.3 is 0 Å². The molecule has 0 heterocycles. The topological polar surface area (TPSA) is 90.3 Å². The summed E-state index contributed by atoms with van der Waals surface area (Å²) in [5.74, 6) is -1.01. The summed E-state index contributed by atoms with van der Waals surface area (Å²) in [6, 6.07) is 12.5. The van der Waals surface area contributed by atoms with Crippen molar-refractivity contribution in [1.82, 2.24) is 4.31 Å². The Hall–Kier alpha value is -2.76. The molecule has 24 heavy (non-hydrogen) atoms. The second-order valence-electron chi connectivity index (χ2n) is 4.96. The van der Waals surface area contributed by atoms with E-state index in [1.54, 1.807) is 0 Å². The van der Waals surface area contributed by atoms with Gasteiger partial charge in [0, 0.05) is 12.7 Å². The van der Waals surface area contributed by atoms with Crippen LogP contribution in [0.1, 0.15) is 5.56 Å². The molecule has 0 spiro atoms. The molecule has 0 aliphatic rings. The third kappa shape index (κ3) is 4.16. The Morgan fingerprint density at radius 1 is 1.25 bits per heavy atom. The van der Waals surface area contributed by atoms with E-state index in [9.17, 15) is 17.6 Å². The van der Waals surface area contributed by atoms with Crippen LogP contribution in [0.5, 0.6) is 0 Å². The Labute approximate surface area is 139 Å². The molecule has 2 aromatic carbocycles. The van der Waals surface area contributed by atoms with Gasteiger partial charge in [-0.05, 0) is 42.5 Å². The van der Waals surface area contributed by atoms with Crippen molar-refractivity contribution in [1.29, 1.82) is 5.26 Å². The third-order valence-electron chi connectivity index (χ3n) is 3.17. The van der Waals surface area contributed by atoms with Crippen LogP contribution in [-0.4, -0.2) is 32.2 Å². The van der Waals surface area contributed by atoms with Gasteiger partial charge in [-0.15, -0.1) is 0 Å². The van der Waals surface area contributed by atoms with Crippen LogP contribution in [0.25, 0.3) is 0 Å². The summed E-state index contributed by atoms with van der Waals surface area (Å²) < 4.78 is 38.5. The van der Waals surface area contributed by atoms with Crippen molar-refractivity contribution < 1.29 is 17.6 Å². The van der Waals surface area contributed by atoms with Crippen LogP contribution in [0.2, 0.25) is 0 Å². The molecule has 0 saturated carbocycles. The van der Waals surface area contributed by atoms with Gasteiger partial charge in [0.15, 0.2) is 0 Å². The second kappa shape index (κ2) is 7.21. The largest absolute Gasteiger partial charge is 0.325 e. The highest BCUT2D eigenvalue weighted by Crippen LogP contribution is 2.16. The van der Waals surface area contributed by atoms with Gasteiger partial charge in [-0.1, -0.05) is 6.07 Å². The number of benzene rings is 2.